The number of hydrogen-bond acceptors (Lipinski definition) is 4. The number of amides is 1. The zero-order valence-electron chi connectivity index (χ0n) is 14.3. The molecule has 4 nitrogen and oxygen atoms in total. The Morgan fingerprint density at radius 2 is 2.00 bits per heavy atom. The lowest BCUT2D eigenvalue weighted by Crippen LogP contribution is -2.34. The van der Waals surface area contributed by atoms with Gasteiger partial charge in [-0.15, -0.1) is 11.3 Å². The van der Waals surface area contributed by atoms with Crippen LogP contribution in [-0.2, 0) is 6.42 Å². The molecule has 0 saturated heterocycles. The molecule has 0 fully saturated rings. The summed E-state index contributed by atoms with van der Waals surface area (Å²) in [6.07, 6.45) is 1.98. The average Bonchev–Trinajstić information content (AvgIpc) is 2.98. The van der Waals surface area contributed by atoms with E-state index in [4.69, 9.17) is 0 Å². The molecule has 1 N–H and O–H groups in total. The number of benzene rings is 1. The van der Waals surface area contributed by atoms with Crippen molar-refractivity contribution in [3.63, 3.8) is 0 Å². The first kappa shape index (κ1) is 17.6. The fraction of sp³-hybridized carbons (Fsp3) is 0.444. The number of rotatable bonds is 7. The van der Waals surface area contributed by atoms with Crippen LogP contribution in [0.5, 0.6) is 0 Å². The highest BCUT2D eigenvalue weighted by atomic mass is 32.1. The second-order valence-electron chi connectivity index (χ2n) is 5.98. The van der Waals surface area contributed by atoms with Gasteiger partial charge in [0.15, 0.2) is 0 Å². The second-order valence-corrected chi connectivity index (χ2v) is 6.92. The van der Waals surface area contributed by atoms with Gasteiger partial charge in [0.25, 0.3) is 5.91 Å². The van der Waals surface area contributed by atoms with Gasteiger partial charge in [0, 0.05) is 11.9 Å². The van der Waals surface area contributed by atoms with Crippen molar-refractivity contribution in [2.75, 3.05) is 20.6 Å². The van der Waals surface area contributed by atoms with Gasteiger partial charge in [-0.2, -0.15) is 0 Å². The SMILES string of the molecule is CCCc1nc(C(=O)NCC(c2ccc(C)cc2)N(C)C)cs1. The molecule has 23 heavy (non-hydrogen) atoms. The van der Waals surface area contributed by atoms with E-state index in [1.54, 1.807) is 11.3 Å². The Balaban J connectivity index is 2.00. The molecular weight excluding hydrogens is 306 g/mol. The first-order chi connectivity index (χ1) is 11.0. The van der Waals surface area contributed by atoms with Crippen molar-refractivity contribution < 1.29 is 4.79 Å². The summed E-state index contributed by atoms with van der Waals surface area (Å²) >= 11 is 1.56. The lowest BCUT2D eigenvalue weighted by Gasteiger charge is -2.25. The number of aromatic nitrogens is 1. The molecule has 0 aliphatic carbocycles. The predicted octanol–water partition coefficient (Wildman–Crippen LogP) is 3.44. The predicted molar refractivity (Wildman–Crippen MR) is 96.0 cm³/mol. The number of nitrogens with one attached hydrogen (secondary N) is 1. The van der Waals surface area contributed by atoms with Crippen molar-refractivity contribution in [3.05, 3.63) is 51.5 Å². The lowest BCUT2D eigenvalue weighted by atomic mass is 10.0. The summed E-state index contributed by atoms with van der Waals surface area (Å²) in [5.74, 6) is -0.0948. The normalized spacial score (nSPS) is 12.4. The van der Waals surface area contributed by atoms with Crippen molar-refractivity contribution in [2.24, 2.45) is 0 Å². The van der Waals surface area contributed by atoms with Crippen LogP contribution >= 0.6 is 11.3 Å². The minimum absolute atomic E-state index is 0.0948. The molecule has 0 bridgehead atoms. The molecule has 5 heteroatoms. The molecule has 0 aliphatic rings. The summed E-state index contributed by atoms with van der Waals surface area (Å²) in [5, 5.41) is 5.88. The third kappa shape index (κ3) is 4.88. The van der Waals surface area contributed by atoms with Gasteiger partial charge in [0.1, 0.15) is 5.69 Å². The molecule has 2 rings (SSSR count). The maximum absolute atomic E-state index is 12.3. The number of nitrogens with zero attached hydrogens (tertiary/aromatic N) is 2. The van der Waals surface area contributed by atoms with Crippen LogP contribution in [0.15, 0.2) is 29.6 Å². The summed E-state index contributed by atoms with van der Waals surface area (Å²) in [6, 6.07) is 8.59. The molecule has 2 aromatic rings. The molecule has 0 saturated carbocycles. The summed E-state index contributed by atoms with van der Waals surface area (Å²) < 4.78 is 0. The number of likely N-dealkylation sites (N-methyl/N-ethyl adjacent to an activating group) is 1. The van der Waals surface area contributed by atoms with Crippen molar-refractivity contribution >= 4 is 17.2 Å². The minimum Gasteiger partial charge on any atom is -0.349 e. The molecule has 1 amide bonds. The van der Waals surface area contributed by atoms with Gasteiger partial charge >= 0.3 is 0 Å². The third-order valence-electron chi connectivity index (χ3n) is 3.79. The van der Waals surface area contributed by atoms with E-state index in [-0.39, 0.29) is 11.9 Å². The molecule has 0 spiro atoms. The van der Waals surface area contributed by atoms with Gasteiger partial charge < -0.3 is 10.2 Å². The molecule has 1 atom stereocenters. The van der Waals surface area contributed by atoms with E-state index < -0.39 is 0 Å². The van der Waals surface area contributed by atoms with Gasteiger partial charge in [-0.25, -0.2) is 4.98 Å². The smallest absolute Gasteiger partial charge is 0.270 e. The van der Waals surface area contributed by atoms with Crippen molar-refractivity contribution in [1.82, 2.24) is 15.2 Å². The van der Waals surface area contributed by atoms with E-state index in [0.29, 0.717) is 12.2 Å². The number of thiazole rings is 1. The Bertz CT molecular complexity index is 634. The molecule has 0 radical (unpaired) electrons. The number of carbonyl (C=O) groups is 1. The van der Waals surface area contributed by atoms with E-state index in [0.717, 1.165) is 17.8 Å². The highest BCUT2D eigenvalue weighted by Gasteiger charge is 2.17. The van der Waals surface area contributed by atoms with Crippen LogP contribution in [0.4, 0.5) is 0 Å². The molecule has 1 unspecified atom stereocenters. The number of hydrogen-bond donors (Lipinski definition) is 1. The minimum atomic E-state index is -0.0948. The largest absolute Gasteiger partial charge is 0.349 e. The lowest BCUT2D eigenvalue weighted by molar-refractivity contribution is 0.0937. The van der Waals surface area contributed by atoms with Crippen LogP contribution in [0.1, 0.15) is 46.0 Å². The topological polar surface area (TPSA) is 45.2 Å². The Morgan fingerprint density at radius 1 is 1.30 bits per heavy atom. The zero-order valence-corrected chi connectivity index (χ0v) is 15.1. The summed E-state index contributed by atoms with van der Waals surface area (Å²) in [5.41, 5.74) is 2.96. The van der Waals surface area contributed by atoms with Crippen LogP contribution in [0.3, 0.4) is 0 Å². The van der Waals surface area contributed by atoms with Crippen LogP contribution in [0.2, 0.25) is 0 Å². The van der Waals surface area contributed by atoms with E-state index >= 15 is 0 Å². The van der Waals surface area contributed by atoms with Gasteiger partial charge in [0.2, 0.25) is 0 Å². The summed E-state index contributed by atoms with van der Waals surface area (Å²) in [6.45, 7) is 4.76. The fourth-order valence-electron chi connectivity index (χ4n) is 2.41. The van der Waals surface area contributed by atoms with Crippen molar-refractivity contribution in [1.29, 1.82) is 0 Å². The maximum Gasteiger partial charge on any atom is 0.270 e. The number of carbonyl (C=O) groups excluding carboxylic acids is 1. The third-order valence-corrected chi connectivity index (χ3v) is 4.70. The van der Waals surface area contributed by atoms with E-state index in [2.05, 4.69) is 53.3 Å². The van der Waals surface area contributed by atoms with Gasteiger partial charge in [0.05, 0.1) is 11.0 Å². The molecule has 1 aromatic carbocycles. The highest BCUT2D eigenvalue weighted by Crippen LogP contribution is 2.18. The Labute approximate surface area is 142 Å². The number of aryl methyl sites for hydroxylation is 2. The monoisotopic (exact) mass is 331 g/mol. The van der Waals surface area contributed by atoms with Crippen LogP contribution in [0, 0.1) is 6.92 Å². The zero-order chi connectivity index (χ0) is 16.8. The van der Waals surface area contributed by atoms with E-state index in [1.165, 1.54) is 11.1 Å². The van der Waals surface area contributed by atoms with Crippen LogP contribution < -0.4 is 5.32 Å². The van der Waals surface area contributed by atoms with Crippen molar-refractivity contribution in [2.45, 2.75) is 32.7 Å². The van der Waals surface area contributed by atoms with Gasteiger partial charge in [-0.05, 0) is 39.4 Å². The molecule has 1 aromatic heterocycles. The van der Waals surface area contributed by atoms with Crippen LogP contribution in [0.25, 0.3) is 0 Å². The molecular formula is C18H25N3OS. The second kappa shape index (κ2) is 8.22. The Kier molecular flexibility index (Phi) is 6.30. The summed E-state index contributed by atoms with van der Waals surface area (Å²) in [4.78, 5) is 18.8. The summed E-state index contributed by atoms with van der Waals surface area (Å²) in [7, 11) is 4.05. The van der Waals surface area contributed by atoms with Gasteiger partial charge in [-0.3, -0.25) is 4.79 Å². The Hall–Kier alpha value is -1.72. The fourth-order valence-corrected chi connectivity index (χ4v) is 3.29. The first-order valence-corrected chi connectivity index (χ1v) is 8.84. The van der Waals surface area contributed by atoms with E-state index in [9.17, 15) is 4.79 Å². The Morgan fingerprint density at radius 3 is 2.61 bits per heavy atom. The maximum atomic E-state index is 12.3. The van der Waals surface area contributed by atoms with Gasteiger partial charge in [-0.1, -0.05) is 36.8 Å². The standard InChI is InChI=1S/C18H25N3OS/c1-5-6-17-20-15(12-23-17)18(22)19-11-16(21(3)4)14-9-7-13(2)8-10-14/h7-10,12,16H,5-6,11H2,1-4H3,(H,19,22). The molecule has 0 aliphatic heterocycles. The molecule has 1 heterocycles. The van der Waals surface area contributed by atoms with Crippen LogP contribution in [-0.4, -0.2) is 36.4 Å². The average molecular weight is 331 g/mol. The van der Waals surface area contributed by atoms with E-state index in [1.807, 2.05) is 19.5 Å². The molecule has 124 valence electrons. The van der Waals surface area contributed by atoms with Crippen molar-refractivity contribution in [3.8, 4) is 0 Å². The first-order valence-electron chi connectivity index (χ1n) is 7.96. The quantitative estimate of drug-likeness (QED) is 0.845. The highest BCUT2D eigenvalue weighted by molar-refractivity contribution is 7.09.